The highest BCUT2D eigenvalue weighted by Crippen LogP contribution is 2.47. The number of rotatable bonds is 19. The van der Waals surface area contributed by atoms with Crippen LogP contribution in [0, 0.1) is 29.9 Å². The molecule has 2 heterocycles. The maximum absolute atomic E-state index is 11.1. The van der Waals surface area contributed by atoms with Gasteiger partial charge < -0.3 is 41.0 Å². The van der Waals surface area contributed by atoms with E-state index in [1.54, 1.807) is 13.0 Å². The molecular formula is C38H57N3O6. The molecule has 2 aliphatic carbocycles. The highest BCUT2D eigenvalue weighted by atomic mass is 16.5. The molecule has 2 saturated carbocycles. The Labute approximate surface area is 281 Å². The predicted molar refractivity (Wildman–Crippen MR) is 185 cm³/mol. The van der Waals surface area contributed by atoms with Gasteiger partial charge in [0.1, 0.15) is 12.2 Å². The molecule has 9 heteroatoms. The minimum atomic E-state index is -0.919. The number of aryl methyl sites for hydroxylation is 1. The van der Waals surface area contributed by atoms with Gasteiger partial charge in [0.05, 0.1) is 18.1 Å². The average molecular weight is 652 g/mol. The van der Waals surface area contributed by atoms with Crippen molar-refractivity contribution in [3.63, 3.8) is 0 Å². The summed E-state index contributed by atoms with van der Waals surface area (Å²) in [4.78, 5) is 4.90. The smallest absolute Gasteiger partial charge is 0.189 e. The fraction of sp³-hybridized carbons (Fsp3) is 0.658. The monoisotopic (exact) mass is 651 g/mol. The molecular weight excluding hydrogens is 594 g/mol. The first-order valence-corrected chi connectivity index (χ1v) is 18.1. The lowest BCUT2D eigenvalue weighted by Crippen LogP contribution is -2.34. The van der Waals surface area contributed by atoms with Crippen LogP contribution in [0.15, 0.2) is 46.5 Å². The predicted octanol–water partition coefficient (Wildman–Crippen LogP) is 4.92. The number of phenolic OH excluding ortho intramolecular Hbond substituents is 1. The van der Waals surface area contributed by atoms with Gasteiger partial charge in [-0.2, -0.15) is 11.6 Å². The molecule has 0 aromatic heterocycles. The van der Waals surface area contributed by atoms with Crippen molar-refractivity contribution < 1.29 is 29.9 Å². The SMILES string of the molecule is C[C@H](O)CNC[C@@H]1C2=C[C+]([C@@H](O)COc3cc(CC[C-]4C=C(CO)C(CCCCCCCN)O4)ccc3O)N=C2CC[C@H]2CCC[C@@H]21. The summed E-state index contributed by atoms with van der Waals surface area (Å²) in [5, 5.41) is 44.8. The number of fused-ring (bicyclic) bond motifs is 2. The molecule has 1 aromatic carbocycles. The van der Waals surface area contributed by atoms with Crippen molar-refractivity contribution in [2.75, 3.05) is 32.8 Å². The molecule has 47 heavy (non-hydrogen) atoms. The van der Waals surface area contributed by atoms with E-state index in [-0.39, 0.29) is 25.1 Å². The van der Waals surface area contributed by atoms with E-state index >= 15 is 0 Å². The van der Waals surface area contributed by atoms with Crippen molar-refractivity contribution in [1.82, 2.24) is 5.32 Å². The van der Waals surface area contributed by atoms with Crippen molar-refractivity contribution >= 4 is 5.71 Å². The molecule has 0 bridgehead atoms. The number of aromatic hydroxyl groups is 1. The quantitative estimate of drug-likeness (QED) is 0.0912. The van der Waals surface area contributed by atoms with Crippen LogP contribution in [0.1, 0.15) is 89.5 Å². The summed E-state index contributed by atoms with van der Waals surface area (Å²) in [7, 11) is 0. The van der Waals surface area contributed by atoms with E-state index in [0.29, 0.717) is 48.9 Å². The van der Waals surface area contributed by atoms with Gasteiger partial charge in [-0.15, -0.1) is 4.99 Å². The lowest BCUT2D eigenvalue weighted by atomic mass is 9.80. The first kappa shape index (κ1) is 35.8. The topological polar surface area (TPSA) is 150 Å². The van der Waals surface area contributed by atoms with Crippen LogP contribution < -0.4 is 15.8 Å². The number of aliphatic imine (C=N–C) groups is 1. The van der Waals surface area contributed by atoms with Crippen LogP contribution in [-0.2, 0) is 11.2 Å². The zero-order valence-electron chi connectivity index (χ0n) is 28.2. The first-order valence-electron chi connectivity index (χ1n) is 18.1. The highest BCUT2D eigenvalue weighted by molar-refractivity contribution is 6.04. The molecule has 5 rings (SSSR count). The Balaban J connectivity index is 1.12. The third kappa shape index (κ3) is 9.77. The molecule has 0 spiro atoms. The maximum Gasteiger partial charge on any atom is 0.189 e. The number of hydrogen-bond acceptors (Lipinski definition) is 9. The van der Waals surface area contributed by atoms with E-state index in [2.05, 4.69) is 11.4 Å². The summed E-state index contributed by atoms with van der Waals surface area (Å²) in [6.45, 7) is 3.90. The number of ether oxygens (including phenoxy) is 2. The molecule has 7 N–H and O–H groups in total. The Morgan fingerprint density at radius 1 is 1.15 bits per heavy atom. The zero-order valence-corrected chi connectivity index (χ0v) is 28.2. The van der Waals surface area contributed by atoms with Crippen molar-refractivity contribution in [3.8, 4) is 11.5 Å². The fourth-order valence-corrected chi connectivity index (χ4v) is 7.87. The van der Waals surface area contributed by atoms with Crippen LogP contribution in [0.25, 0.3) is 0 Å². The molecule has 2 aliphatic heterocycles. The van der Waals surface area contributed by atoms with Crippen molar-refractivity contribution in [2.24, 2.45) is 28.5 Å². The highest BCUT2D eigenvalue weighted by Gasteiger charge is 2.47. The Morgan fingerprint density at radius 2 is 1.98 bits per heavy atom. The second-order valence-corrected chi connectivity index (χ2v) is 14.0. The molecule has 9 nitrogen and oxygen atoms in total. The first-order chi connectivity index (χ1) is 22.9. The number of hydrogen-bond donors (Lipinski definition) is 6. The molecule has 4 aliphatic rings. The third-order valence-corrected chi connectivity index (χ3v) is 10.4. The van der Waals surface area contributed by atoms with Crippen LogP contribution >= 0.6 is 0 Å². The minimum absolute atomic E-state index is 0.00370. The van der Waals surface area contributed by atoms with Gasteiger partial charge in [-0.05, 0) is 75.1 Å². The van der Waals surface area contributed by atoms with Gasteiger partial charge in [0, 0.05) is 32.2 Å². The Hall–Kier alpha value is -2.53. The van der Waals surface area contributed by atoms with Crippen molar-refractivity contribution in [2.45, 2.75) is 109 Å². The van der Waals surface area contributed by atoms with Crippen LogP contribution in [0.5, 0.6) is 11.5 Å². The Kier molecular flexibility index (Phi) is 13.5. The summed E-state index contributed by atoms with van der Waals surface area (Å²) in [5.41, 5.74) is 9.82. The normalized spacial score (nSPS) is 25.2. The van der Waals surface area contributed by atoms with E-state index < -0.39 is 12.2 Å². The number of nitrogens with two attached hydrogens (primary N) is 1. The van der Waals surface area contributed by atoms with E-state index in [1.165, 1.54) is 31.3 Å². The number of phenols is 1. The molecule has 6 atom stereocenters. The molecule has 260 valence electrons. The number of aliphatic hydroxyl groups excluding tert-OH is 3. The second kappa shape index (κ2) is 17.7. The van der Waals surface area contributed by atoms with Crippen LogP contribution in [0.2, 0.25) is 0 Å². The minimum Gasteiger partial charge on any atom is -0.504 e. The molecule has 0 amide bonds. The van der Waals surface area contributed by atoms with E-state index in [9.17, 15) is 20.4 Å². The maximum atomic E-state index is 11.1. The van der Waals surface area contributed by atoms with Gasteiger partial charge >= 0.3 is 0 Å². The van der Waals surface area contributed by atoms with E-state index in [1.807, 2.05) is 18.2 Å². The van der Waals surface area contributed by atoms with Crippen LogP contribution in [0.4, 0.5) is 0 Å². The summed E-state index contributed by atoms with van der Waals surface area (Å²) in [6.07, 6.45) is 17.3. The Morgan fingerprint density at radius 3 is 2.79 bits per heavy atom. The number of unbranched alkanes of at least 4 members (excludes halogenated alkanes) is 4. The number of aliphatic hydroxyl groups is 3. The van der Waals surface area contributed by atoms with Gasteiger partial charge in [-0.3, -0.25) is 0 Å². The average Bonchev–Trinajstić information content (AvgIpc) is 3.79. The van der Waals surface area contributed by atoms with Crippen molar-refractivity contribution in [1.29, 1.82) is 0 Å². The van der Waals surface area contributed by atoms with E-state index in [0.717, 1.165) is 81.0 Å². The van der Waals surface area contributed by atoms with Gasteiger partial charge in [-0.1, -0.05) is 57.1 Å². The Bertz CT molecular complexity index is 1230. The number of nitrogens with zero attached hydrogens (tertiary/aromatic N) is 1. The second-order valence-electron chi connectivity index (χ2n) is 14.0. The van der Waals surface area contributed by atoms with Gasteiger partial charge in [-0.25, -0.2) is 0 Å². The third-order valence-electron chi connectivity index (χ3n) is 10.4. The van der Waals surface area contributed by atoms with E-state index in [4.69, 9.17) is 20.2 Å². The summed E-state index contributed by atoms with van der Waals surface area (Å²) in [6, 6.07) is 5.95. The van der Waals surface area contributed by atoms with Crippen molar-refractivity contribution in [3.05, 3.63) is 59.2 Å². The summed E-state index contributed by atoms with van der Waals surface area (Å²) < 4.78 is 12.2. The standard InChI is InChI=1S/C38H57N3O6/c1-25(43)21-40-22-32-30-9-7-8-27(30)13-15-33-31(32)20-34(41-33)36(45)24-46-38-18-26(12-16-35(38)44)11-14-29-19-28(23-42)37(47-29)10-5-3-2-4-6-17-39/h12,16,18-20,25,27,30,32,36-37,40,42-45H,2-11,13-15,17,21-24,39H2,1H3/t25-,27+,30-,32-,36-,37?/m0/s1. The van der Waals surface area contributed by atoms with Gasteiger partial charge in [0.2, 0.25) is 0 Å². The van der Waals surface area contributed by atoms with Gasteiger partial charge in [0.25, 0.3) is 0 Å². The molecule has 1 unspecified atom stereocenters. The largest absolute Gasteiger partial charge is 0.504 e. The number of nitrogens with one attached hydrogen (secondary N) is 1. The molecule has 2 fully saturated rings. The van der Waals surface area contributed by atoms with Crippen LogP contribution in [-0.4, -0.2) is 77.3 Å². The summed E-state index contributed by atoms with van der Waals surface area (Å²) >= 11 is 0. The zero-order chi connectivity index (χ0) is 33.2. The molecule has 0 radical (unpaired) electrons. The lowest BCUT2D eigenvalue weighted by molar-refractivity contribution is 0.102. The summed E-state index contributed by atoms with van der Waals surface area (Å²) in [5.74, 6) is 2.00. The molecule has 0 saturated heterocycles. The number of benzene rings is 1. The molecule has 1 aromatic rings. The van der Waals surface area contributed by atoms with Crippen LogP contribution in [0.3, 0.4) is 0 Å². The van der Waals surface area contributed by atoms with Gasteiger partial charge in [0.15, 0.2) is 29.4 Å². The fourth-order valence-electron chi connectivity index (χ4n) is 7.87. The lowest BCUT2D eigenvalue weighted by Gasteiger charge is -2.24.